The summed E-state index contributed by atoms with van der Waals surface area (Å²) in [6, 6.07) is 15.5. The highest BCUT2D eigenvalue weighted by atomic mass is 79.9. The SMILES string of the molecule is O=C(CSc1ncnc2c1[nH]c1ccccc12)Nc1ccccc1Br. The van der Waals surface area contributed by atoms with Gasteiger partial charge in [0.15, 0.2) is 0 Å². The fourth-order valence-electron chi connectivity index (χ4n) is 2.61. The summed E-state index contributed by atoms with van der Waals surface area (Å²) in [5.74, 6) is 0.183. The number of aromatic amines is 1. The minimum Gasteiger partial charge on any atom is -0.351 e. The molecule has 0 saturated heterocycles. The highest BCUT2D eigenvalue weighted by molar-refractivity contribution is 9.10. The molecule has 25 heavy (non-hydrogen) atoms. The number of anilines is 1. The van der Waals surface area contributed by atoms with Crippen LogP contribution in [0.3, 0.4) is 0 Å². The van der Waals surface area contributed by atoms with Crippen molar-refractivity contribution >= 4 is 61.2 Å². The predicted octanol–water partition coefficient (Wildman–Crippen LogP) is 4.60. The molecule has 2 aromatic heterocycles. The maximum Gasteiger partial charge on any atom is 0.234 e. The third kappa shape index (κ3) is 3.25. The number of hydrogen-bond acceptors (Lipinski definition) is 4. The first-order valence-corrected chi connectivity index (χ1v) is 9.39. The molecule has 4 aromatic rings. The maximum absolute atomic E-state index is 12.2. The van der Waals surface area contributed by atoms with Gasteiger partial charge in [0.1, 0.15) is 16.9 Å². The van der Waals surface area contributed by atoms with Gasteiger partial charge in [0, 0.05) is 15.4 Å². The number of nitrogens with zero attached hydrogens (tertiary/aromatic N) is 2. The molecule has 5 nitrogen and oxygen atoms in total. The normalized spacial score (nSPS) is 11.1. The van der Waals surface area contributed by atoms with Gasteiger partial charge in [-0.1, -0.05) is 42.1 Å². The second kappa shape index (κ2) is 6.85. The summed E-state index contributed by atoms with van der Waals surface area (Å²) in [5, 5.41) is 4.72. The first kappa shape index (κ1) is 16.1. The Morgan fingerprint density at radius 2 is 1.92 bits per heavy atom. The van der Waals surface area contributed by atoms with E-state index >= 15 is 0 Å². The van der Waals surface area contributed by atoms with E-state index in [-0.39, 0.29) is 11.7 Å². The Bertz CT molecular complexity index is 1080. The van der Waals surface area contributed by atoms with E-state index in [0.717, 1.165) is 37.1 Å². The third-order valence-electron chi connectivity index (χ3n) is 3.74. The number of carbonyl (C=O) groups is 1. The van der Waals surface area contributed by atoms with E-state index in [9.17, 15) is 4.79 Å². The van der Waals surface area contributed by atoms with Crippen molar-refractivity contribution in [3.8, 4) is 0 Å². The van der Waals surface area contributed by atoms with Crippen LogP contribution < -0.4 is 5.32 Å². The Morgan fingerprint density at radius 1 is 1.12 bits per heavy atom. The summed E-state index contributed by atoms with van der Waals surface area (Å²) < 4.78 is 0.855. The Balaban J connectivity index is 1.55. The van der Waals surface area contributed by atoms with E-state index in [2.05, 4.69) is 36.2 Å². The lowest BCUT2D eigenvalue weighted by Gasteiger charge is -2.07. The standard InChI is InChI=1S/C18H13BrN4OS/c19-12-6-2-4-8-14(12)22-15(24)9-25-18-17-16(20-10-21-18)11-5-1-3-7-13(11)23-17/h1-8,10,23H,9H2,(H,22,24). The third-order valence-corrected chi connectivity index (χ3v) is 5.42. The van der Waals surface area contributed by atoms with Crippen LogP contribution in [0.15, 0.2) is 64.4 Å². The molecule has 0 aliphatic carbocycles. The lowest BCUT2D eigenvalue weighted by Crippen LogP contribution is -2.14. The van der Waals surface area contributed by atoms with Crippen LogP contribution in [0.2, 0.25) is 0 Å². The number of hydrogen-bond donors (Lipinski definition) is 2. The zero-order valence-electron chi connectivity index (χ0n) is 13.0. The van der Waals surface area contributed by atoms with Crippen molar-refractivity contribution in [2.24, 2.45) is 0 Å². The first-order valence-electron chi connectivity index (χ1n) is 7.61. The van der Waals surface area contributed by atoms with E-state index in [0.29, 0.717) is 0 Å². The van der Waals surface area contributed by atoms with E-state index in [1.165, 1.54) is 18.1 Å². The van der Waals surface area contributed by atoms with E-state index in [4.69, 9.17) is 0 Å². The number of fused-ring (bicyclic) bond motifs is 3. The van der Waals surface area contributed by atoms with Gasteiger partial charge in [-0.05, 0) is 34.1 Å². The van der Waals surface area contributed by atoms with Gasteiger partial charge in [0.05, 0.1) is 17.0 Å². The van der Waals surface area contributed by atoms with Gasteiger partial charge in [-0.15, -0.1) is 0 Å². The van der Waals surface area contributed by atoms with Gasteiger partial charge in [-0.3, -0.25) is 4.79 Å². The topological polar surface area (TPSA) is 70.7 Å². The van der Waals surface area contributed by atoms with Crippen LogP contribution in [0.5, 0.6) is 0 Å². The lowest BCUT2D eigenvalue weighted by atomic mass is 10.2. The molecule has 2 heterocycles. The Morgan fingerprint density at radius 3 is 2.80 bits per heavy atom. The van der Waals surface area contributed by atoms with Gasteiger partial charge in [-0.25, -0.2) is 9.97 Å². The number of rotatable bonds is 4. The second-order valence-corrected chi connectivity index (χ2v) is 7.21. The summed E-state index contributed by atoms with van der Waals surface area (Å²) >= 11 is 4.81. The fourth-order valence-corrected chi connectivity index (χ4v) is 3.75. The quantitative estimate of drug-likeness (QED) is 0.379. The molecule has 0 unspecified atom stereocenters. The summed E-state index contributed by atoms with van der Waals surface area (Å²) in [7, 11) is 0. The molecule has 4 rings (SSSR count). The van der Waals surface area contributed by atoms with Crippen LogP contribution in [-0.2, 0) is 4.79 Å². The average Bonchev–Trinajstić information content (AvgIpc) is 3.01. The van der Waals surface area contributed by atoms with Crippen molar-refractivity contribution in [2.45, 2.75) is 5.03 Å². The Hall–Kier alpha value is -2.38. The molecule has 0 spiro atoms. The number of benzene rings is 2. The molecule has 0 aliphatic heterocycles. The van der Waals surface area contributed by atoms with Crippen LogP contribution >= 0.6 is 27.7 Å². The Kier molecular flexibility index (Phi) is 4.42. The molecule has 124 valence electrons. The van der Waals surface area contributed by atoms with Crippen LogP contribution in [-0.4, -0.2) is 26.6 Å². The minimum atomic E-state index is -0.0835. The number of H-pyrrole nitrogens is 1. The number of halogens is 1. The molecule has 2 N–H and O–H groups in total. The van der Waals surface area contributed by atoms with Gasteiger partial charge in [-0.2, -0.15) is 0 Å². The average molecular weight is 413 g/mol. The minimum absolute atomic E-state index is 0.0835. The largest absolute Gasteiger partial charge is 0.351 e. The zero-order chi connectivity index (χ0) is 17.2. The number of thioether (sulfide) groups is 1. The molecular formula is C18H13BrN4OS. The van der Waals surface area contributed by atoms with Crippen molar-refractivity contribution in [3.05, 3.63) is 59.3 Å². The summed E-state index contributed by atoms with van der Waals surface area (Å²) in [4.78, 5) is 24.3. The van der Waals surface area contributed by atoms with Gasteiger partial charge < -0.3 is 10.3 Å². The highest BCUT2D eigenvalue weighted by Crippen LogP contribution is 2.29. The van der Waals surface area contributed by atoms with Gasteiger partial charge in [0.2, 0.25) is 5.91 Å². The van der Waals surface area contributed by atoms with Crippen molar-refractivity contribution in [3.63, 3.8) is 0 Å². The number of amides is 1. The first-order chi connectivity index (χ1) is 12.2. The number of nitrogens with one attached hydrogen (secondary N) is 2. The van der Waals surface area contributed by atoms with Crippen LogP contribution in [0.4, 0.5) is 5.69 Å². The number of para-hydroxylation sites is 2. The predicted molar refractivity (Wildman–Crippen MR) is 105 cm³/mol. The van der Waals surface area contributed by atoms with Crippen molar-refractivity contribution in [1.29, 1.82) is 0 Å². The molecule has 0 atom stereocenters. The highest BCUT2D eigenvalue weighted by Gasteiger charge is 2.12. The summed E-state index contributed by atoms with van der Waals surface area (Å²) in [5.41, 5.74) is 3.51. The lowest BCUT2D eigenvalue weighted by molar-refractivity contribution is -0.113. The molecule has 0 radical (unpaired) electrons. The molecule has 0 saturated carbocycles. The summed E-state index contributed by atoms with van der Waals surface area (Å²) in [6.07, 6.45) is 1.54. The number of aromatic nitrogens is 3. The molecule has 0 aliphatic rings. The van der Waals surface area contributed by atoms with Crippen molar-refractivity contribution in [2.75, 3.05) is 11.1 Å². The van der Waals surface area contributed by atoms with Gasteiger partial charge in [0.25, 0.3) is 0 Å². The molecule has 0 fully saturated rings. The molecule has 2 aromatic carbocycles. The van der Waals surface area contributed by atoms with Crippen molar-refractivity contribution < 1.29 is 4.79 Å². The van der Waals surface area contributed by atoms with Crippen molar-refractivity contribution in [1.82, 2.24) is 15.0 Å². The monoisotopic (exact) mass is 412 g/mol. The second-order valence-electron chi connectivity index (χ2n) is 5.39. The molecule has 1 amide bonds. The Labute approximate surface area is 156 Å². The van der Waals surface area contributed by atoms with E-state index in [1.807, 2.05) is 48.5 Å². The van der Waals surface area contributed by atoms with Crippen LogP contribution in [0, 0.1) is 0 Å². The zero-order valence-corrected chi connectivity index (χ0v) is 15.4. The summed E-state index contributed by atoms with van der Waals surface area (Å²) in [6.45, 7) is 0. The smallest absolute Gasteiger partial charge is 0.234 e. The van der Waals surface area contributed by atoms with Crippen LogP contribution in [0.25, 0.3) is 21.9 Å². The molecule has 0 bridgehead atoms. The molecule has 7 heteroatoms. The maximum atomic E-state index is 12.2. The fraction of sp³-hybridized carbons (Fsp3) is 0.0556. The number of carbonyl (C=O) groups excluding carboxylic acids is 1. The molecular weight excluding hydrogens is 400 g/mol. The van der Waals surface area contributed by atoms with E-state index in [1.54, 1.807) is 0 Å². The van der Waals surface area contributed by atoms with Crippen LogP contribution in [0.1, 0.15) is 0 Å². The van der Waals surface area contributed by atoms with Gasteiger partial charge >= 0.3 is 0 Å². The van der Waals surface area contributed by atoms with E-state index < -0.39 is 0 Å².